The predicted octanol–water partition coefficient (Wildman–Crippen LogP) is 7.14. The van der Waals surface area contributed by atoms with Crippen LogP contribution in [0.5, 0.6) is 0 Å². The third-order valence-electron chi connectivity index (χ3n) is 6.30. The Morgan fingerprint density at radius 2 is 1.98 bits per heavy atom. The molecule has 8 nitrogen and oxygen atoms in total. The molecule has 2 amide bonds. The van der Waals surface area contributed by atoms with Crippen molar-refractivity contribution in [3.8, 4) is 11.8 Å². The molecule has 4 aromatic rings. The van der Waals surface area contributed by atoms with E-state index in [1.54, 1.807) is 24.5 Å². The molecule has 0 radical (unpaired) electrons. The minimum Gasteiger partial charge on any atom is -0.350 e. The zero-order chi connectivity index (χ0) is 30.3. The van der Waals surface area contributed by atoms with Gasteiger partial charge >= 0.3 is 12.2 Å². The summed E-state index contributed by atoms with van der Waals surface area (Å²) in [7, 11) is 0. The van der Waals surface area contributed by atoms with E-state index < -0.39 is 24.7 Å². The fourth-order valence-corrected chi connectivity index (χ4v) is 4.09. The van der Waals surface area contributed by atoms with Gasteiger partial charge in [0, 0.05) is 42.1 Å². The molecule has 4 rings (SSSR count). The summed E-state index contributed by atoms with van der Waals surface area (Å²) in [4.78, 5) is 17.1. The summed E-state index contributed by atoms with van der Waals surface area (Å²) in [5, 5.41) is 13.0. The molecule has 42 heavy (non-hydrogen) atoms. The van der Waals surface area contributed by atoms with Gasteiger partial charge in [-0.2, -0.15) is 18.3 Å². The van der Waals surface area contributed by atoms with Gasteiger partial charge in [-0.25, -0.2) is 9.78 Å². The second-order valence-corrected chi connectivity index (χ2v) is 9.95. The van der Waals surface area contributed by atoms with Crippen molar-refractivity contribution < 1.29 is 18.0 Å². The van der Waals surface area contributed by atoms with Gasteiger partial charge in [0.1, 0.15) is 5.69 Å². The van der Waals surface area contributed by atoms with Crippen molar-refractivity contribution in [2.24, 2.45) is 0 Å². The number of carbonyl (C=O) groups excluding carboxylic acids is 1. The summed E-state index contributed by atoms with van der Waals surface area (Å²) in [6, 6.07) is 7.87. The highest BCUT2D eigenvalue weighted by Gasteiger charge is 2.28. The van der Waals surface area contributed by atoms with Gasteiger partial charge in [-0.3, -0.25) is 9.08 Å². The lowest BCUT2D eigenvalue weighted by molar-refractivity contribution is -0.136. The number of benzene rings is 1. The SMILES string of the molecule is C=C/C=C\C(CCC(F)(F)F)NC(=O)Nc1ccc(C)c(C#Cc2cnc3c(Nc4cnn(C(C)C)c4)cccn23)c1. The first-order valence-corrected chi connectivity index (χ1v) is 13.4. The molecular weight excluding hydrogens is 543 g/mol. The van der Waals surface area contributed by atoms with E-state index in [4.69, 9.17) is 0 Å². The number of aryl methyl sites for hydroxylation is 1. The van der Waals surface area contributed by atoms with Crippen molar-refractivity contribution >= 4 is 28.7 Å². The number of halogens is 3. The van der Waals surface area contributed by atoms with Gasteiger partial charge in [0.05, 0.1) is 23.8 Å². The molecule has 0 aliphatic heterocycles. The highest BCUT2D eigenvalue weighted by Crippen LogP contribution is 2.24. The lowest BCUT2D eigenvalue weighted by atomic mass is 10.1. The van der Waals surface area contributed by atoms with Crippen LogP contribution in [0.1, 0.15) is 49.6 Å². The van der Waals surface area contributed by atoms with Gasteiger partial charge in [0.2, 0.25) is 0 Å². The zero-order valence-corrected chi connectivity index (χ0v) is 23.5. The Labute approximate surface area is 242 Å². The van der Waals surface area contributed by atoms with E-state index in [1.165, 1.54) is 18.2 Å². The van der Waals surface area contributed by atoms with Crippen LogP contribution in [-0.4, -0.2) is 37.4 Å². The van der Waals surface area contributed by atoms with Gasteiger partial charge in [0.25, 0.3) is 0 Å². The molecule has 3 N–H and O–H groups in total. The number of nitrogens with zero attached hydrogens (tertiary/aromatic N) is 4. The first kappa shape index (κ1) is 30.0. The number of anilines is 3. The molecule has 0 spiro atoms. The molecule has 0 bridgehead atoms. The molecule has 0 aliphatic carbocycles. The van der Waals surface area contributed by atoms with Crippen molar-refractivity contribution in [2.45, 2.75) is 51.9 Å². The van der Waals surface area contributed by atoms with Crippen LogP contribution < -0.4 is 16.0 Å². The van der Waals surface area contributed by atoms with Crippen LogP contribution in [0.3, 0.4) is 0 Å². The van der Waals surface area contributed by atoms with Crippen LogP contribution in [0.15, 0.2) is 79.9 Å². The average Bonchev–Trinajstić information content (AvgIpc) is 3.58. The molecule has 1 unspecified atom stereocenters. The maximum absolute atomic E-state index is 12.7. The lowest BCUT2D eigenvalue weighted by Gasteiger charge is -2.17. The van der Waals surface area contributed by atoms with Crippen LogP contribution in [0, 0.1) is 18.8 Å². The van der Waals surface area contributed by atoms with Crippen LogP contribution >= 0.6 is 0 Å². The second-order valence-electron chi connectivity index (χ2n) is 9.95. The molecule has 3 heterocycles. The molecule has 0 saturated heterocycles. The number of hydrogen-bond acceptors (Lipinski definition) is 4. The molecular formula is C31H32F3N7O. The highest BCUT2D eigenvalue weighted by atomic mass is 19.4. The molecule has 0 aliphatic rings. The van der Waals surface area contributed by atoms with E-state index in [0.29, 0.717) is 22.6 Å². The molecule has 0 fully saturated rings. The number of rotatable bonds is 9. The first-order valence-electron chi connectivity index (χ1n) is 13.4. The molecule has 1 aromatic carbocycles. The minimum atomic E-state index is -4.32. The summed E-state index contributed by atoms with van der Waals surface area (Å²) in [5.74, 6) is 6.30. The second kappa shape index (κ2) is 13.1. The predicted molar refractivity (Wildman–Crippen MR) is 159 cm³/mol. The van der Waals surface area contributed by atoms with Gasteiger partial charge < -0.3 is 16.0 Å². The van der Waals surface area contributed by atoms with Gasteiger partial charge in [-0.15, -0.1) is 0 Å². The highest BCUT2D eigenvalue weighted by molar-refractivity contribution is 5.90. The Morgan fingerprint density at radius 3 is 2.69 bits per heavy atom. The Bertz CT molecular complexity index is 1650. The van der Waals surface area contributed by atoms with Crippen LogP contribution in [0.2, 0.25) is 0 Å². The maximum atomic E-state index is 12.7. The van der Waals surface area contributed by atoms with Gasteiger partial charge in [-0.1, -0.05) is 36.8 Å². The Kier molecular flexibility index (Phi) is 9.37. The largest absolute Gasteiger partial charge is 0.389 e. The third kappa shape index (κ3) is 8.04. The summed E-state index contributed by atoms with van der Waals surface area (Å²) >= 11 is 0. The van der Waals surface area contributed by atoms with E-state index in [9.17, 15) is 18.0 Å². The summed E-state index contributed by atoms with van der Waals surface area (Å²) < 4.78 is 41.9. The topological polar surface area (TPSA) is 88.3 Å². The molecule has 11 heteroatoms. The monoisotopic (exact) mass is 575 g/mol. The van der Waals surface area contributed by atoms with Crippen molar-refractivity contribution in [3.05, 3.63) is 96.7 Å². The van der Waals surface area contributed by atoms with Crippen LogP contribution in [0.25, 0.3) is 5.65 Å². The summed E-state index contributed by atoms with van der Waals surface area (Å²) in [6.07, 6.45) is 6.04. The maximum Gasteiger partial charge on any atom is 0.389 e. The molecule has 218 valence electrons. The number of amides is 2. The fourth-order valence-electron chi connectivity index (χ4n) is 4.09. The van der Waals surface area contributed by atoms with Crippen LogP contribution in [-0.2, 0) is 0 Å². The van der Waals surface area contributed by atoms with Gasteiger partial charge in [0.15, 0.2) is 5.65 Å². The standard InChI is InChI=1S/C31H32F3N7O/c1-5-6-8-24(14-15-31(32,33)34)38-30(42)39-25-12-10-22(4)23(17-25)11-13-27-19-35-29-28(9-7-16-40(27)29)37-26-18-36-41(20-26)21(2)3/h5-10,12,16-21,24,37H,1,14-15H2,2-4H3,(H2,38,39,42)/b8-6-. The van der Waals surface area contributed by atoms with Crippen molar-refractivity contribution in [1.29, 1.82) is 0 Å². The number of allylic oxidation sites excluding steroid dienone is 2. The van der Waals surface area contributed by atoms with E-state index in [0.717, 1.165) is 16.9 Å². The number of aromatic nitrogens is 4. The lowest BCUT2D eigenvalue weighted by Crippen LogP contribution is -2.37. The zero-order valence-electron chi connectivity index (χ0n) is 23.5. The minimum absolute atomic E-state index is 0.246. The number of fused-ring (bicyclic) bond motifs is 1. The summed E-state index contributed by atoms with van der Waals surface area (Å²) in [6.45, 7) is 9.53. The van der Waals surface area contributed by atoms with E-state index >= 15 is 0 Å². The smallest absolute Gasteiger partial charge is 0.350 e. The van der Waals surface area contributed by atoms with Gasteiger partial charge in [-0.05, 0) is 62.9 Å². The Morgan fingerprint density at radius 1 is 1.17 bits per heavy atom. The first-order chi connectivity index (χ1) is 20.0. The average molecular weight is 576 g/mol. The fraction of sp³-hybridized carbons (Fsp3) is 0.258. The molecule has 1 atom stereocenters. The number of nitrogens with one attached hydrogen (secondary N) is 3. The van der Waals surface area contributed by atoms with Crippen molar-refractivity contribution in [2.75, 3.05) is 10.6 Å². The number of imidazole rings is 1. The molecule has 0 saturated carbocycles. The number of carbonyl (C=O) groups is 1. The number of urea groups is 1. The van der Waals surface area contributed by atoms with Crippen molar-refractivity contribution in [3.63, 3.8) is 0 Å². The number of hydrogen-bond donors (Lipinski definition) is 3. The Balaban J connectivity index is 1.49. The number of alkyl halides is 3. The quantitative estimate of drug-likeness (QED) is 0.146. The van der Waals surface area contributed by atoms with E-state index in [2.05, 4.69) is 58.3 Å². The van der Waals surface area contributed by atoms with E-state index in [1.807, 2.05) is 46.6 Å². The summed E-state index contributed by atoms with van der Waals surface area (Å²) in [5.41, 5.74) is 5.05. The van der Waals surface area contributed by atoms with Crippen molar-refractivity contribution in [1.82, 2.24) is 24.5 Å². The van der Waals surface area contributed by atoms with Crippen LogP contribution in [0.4, 0.5) is 35.0 Å². The molecule has 3 aromatic heterocycles. The number of pyridine rings is 1. The van der Waals surface area contributed by atoms with E-state index in [-0.39, 0.29) is 12.5 Å². The third-order valence-corrected chi connectivity index (χ3v) is 6.30. The normalized spacial score (nSPS) is 12.3. The Hall–Kier alpha value is -4.98.